The van der Waals surface area contributed by atoms with E-state index in [2.05, 4.69) is 49.8 Å². The van der Waals surface area contributed by atoms with Crippen molar-refractivity contribution >= 4 is 17.7 Å². The molecule has 0 atom stereocenters. The first kappa shape index (κ1) is 18.7. The van der Waals surface area contributed by atoms with Crippen molar-refractivity contribution in [3.05, 3.63) is 29.8 Å². The highest BCUT2D eigenvalue weighted by Crippen LogP contribution is 2.26. The lowest BCUT2D eigenvalue weighted by molar-refractivity contribution is 0.412. The second kappa shape index (κ2) is 9.62. The van der Waals surface area contributed by atoms with Gasteiger partial charge in [-0.1, -0.05) is 26.0 Å². The molecular formula is C17H29N3OS. The number of aliphatic imine (C=N–C) groups is 1. The Morgan fingerprint density at radius 1 is 1.32 bits per heavy atom. The fourth-order valence-electron chi connectivity index (χ4n) is 2.03. The summed E-state index contributed by atoms with van der Waals surface area (Å²) in [6.07, 6.45) is 2.11. The number of rotatable bonds is 8. The number of hydrogen-bond donors (Lipinski definition) is 2. The van der Waals surface area contributed by atoms with Crippen LogP contribution in [0.4, 0.5) is 0 Å². The Balaban J connectivity index is 2.76. The highest BCUT2D eigenvalue weighted by atomic mass is 32.2. The van der Waals surface area contributed by atoms with Crippen LogP contribution in [0.25, 0.3) is 0 Å². The molecule has 124 valence electrons. The molecule has 22 heavy (non-hydrogen) atoms. The van der Waals surface area contributed by atoms with E-state index in [1.54, 1.807) is 7.11 Å². The van der Waals surface area contributed by atoms with Crippen LogP contribution in [0, 0.1) is 0 Å². The summed E-state index contributed by atoms with van der Waals surface area (Å²) in [5.74, 6) is 2.84. The quantitative estimate of drug-likeness (QED) is 0.439. The average molecular weight is 324 g/mol. The predicted octanol–water partition coefficient (Wildman–Crippen LogP) is 2.89. The van der Waals surface area contributed by atoms with Crippen molar-refractivity contribution in [1.82, 2.24) is 10.6 Å². The van der Waals surface area contributed by atoms with E-state index in [1.807, 2.05) is 23.9 Å². The molecule has 0 aromatic heterocycles. The first-order valence-corrected chi connectivity index (χ1v) is 9.08. The van der Waals surface area contributed by atoms with Crippen molar-refractivity contribution in [2.75, 3.05) is 38.8 Å². The molecule has 1 aromatic carbocycles. The molecule has 5 heteroatoms. The molecule has 0 aliphatic heterocycles. The maximum atomic E-state index is 5.32. The molecule has 0 fully saturated rings. The first-order valence-electron chi connectivity index (χ1n) is 7.69. The zero-order chi connectivity index (χ0) is 16.4. The summed E-state index contributed by atoms with van der Waals surface area (Å²) in [4.78, 5) is 4.73. The molecule has 2 N–H and O–H groups in total. The Morgan fingerprint density at radius 2 is 2.09 bits per heavy atom. The van der Waals surface area contributed by atoms with Crippen LogP contribution in [0.5, 0.6) is 5.75 Å². The van der Waals surface area contributed by atoms with Crippen molar-refractivity contribution < 1.29 is 4.74 Å². The van der Waals surface area contributed by atoms with E-state index in [0.29, 0.717) is 0 Å². The average Bonchev–Trinajstić information content (AvgIpc) is 2.53. The third-order valence-corrected chi connectivity index (χ3v) is 4.04. The minimum Gasteiger partial charge on any atom is -0.497 e. The second-order valence-electron chi connectivity index (χ2n) is 5.73. The highest BCUT2D eigenvalue weighted by Gasteiger charge is 2.21. The molecule has 0 amide bonds. The van der Waals surface area contributed by atoms with E-state index < -0.39 is 0 Å². The van der Waals surface area contributed by atoms with Gasteiger partial charge in [0.15, 0.2) is 5.96 Å². The van der Waals surface area contributed by atoms with Gasteiger partial charge in [0.25, 0.3) is 0 Å². The smallest absolute Gasteiger partial charge is 0.191 e. The van der Waals surface area contributed by atoms with Crippen LogP contribution in [-0.4, -0.2) is 44.7 Å². The van der Waals surface area contributed by atoms with Crippen LogP contribution in [0.3, 0.4) is 0 Å². The van der Waals surface area contributed by atoms with E-state index in [4.69, 9.17) is 9.73 Å². The van der Waals surface area contributed by atoms with Gasteiger partial charge in [-0.05, 0) is 30.9 Å². The topological polar surface area (TPSA) is 45.7 Å². The maximum absolute atomic E-state index is 5.32. The van der Waals surface area contributed by atoms with Gasteiger partial charge in [-0.15, -0.1) is 0 Å². The Kier molecular flexibility index (Phi) is 8.17. The molecule has 0 aliphatic rings. The van der Waals surface area contributed by atoms with Gasteiger partial charge in [-0.3, -0.25) is 4.99 Å². The summed E-state index contributed by atoms with van der Waals surface area (Å²) in [6, 6.07) is 8.22. The Bertz CT molecular complexity index is 475. The zero-order valence-corrected chi connectivity index (χ0v) is 15.2. The number of nitrogens with zero attached hydrogens (tertiary/aromatic N) is 1. The summed E-state index contributed by atoms with van der Waals surface area (Å²) in [5.41, 5.74) is 1.19. The Hall–Kier alpha value is -1.36. The monoisotopic (exact) mass is 323 g/mol. The Labute approximate surface area is 139 Å². The number of methoxy groups -OCH3 is 1. The zero-order valence-electron chi connectivity index (χ0n) is 14.4. The number of guanidine groups is 1. The molecule has 1 rings (SSSR count). The SMILES string of the molecule is CCNC(=NCC(C)(C)c1cccc(OC)c1)NCCSC. The van der Waals surface area contributed by atoms with Crippen LogP contribution in [-0.2, 0) is 5.41 Å². The third-order valence-electron chi connectivity index (χ3n) is 3.43. The van der Waals surface area contributed by atoms with E-state index in [1.165, 1.54) is 5.56 Å². The van der Waals surface area contributed by atoms with Gasteiger partial charge in [-0.2, -0.15) is 11.8 Å². The molecule has 1 aromatic rings. The van der Waals surface area contributed by atoms with Crippen LogP contribution < -0.4 is 15.4 Å². The van der Waals surface area contributed by atoms with Crippen LogP contribution in [0.1, 0.15) is 26.3 Å². The molecule has 0 radical (unpaired) electrons. The maximum Gasteiger partial charge on any atom is 0.191 e. The molecule has 0 heterocycles. The lowest BCUT2D eigenvalue weighted by Gasteiger charge is -2.24. The van der Waals surface area contributed by atoms with Crippen molar-refractivity contribution in [3.8, 4) is 5.75 Å². The largest absolute Gasteiger partial charge is 0.497 e. The normalized spacial score (nSPS) is 12.1. The summed E-state index contributed by atoms with van der Waals surface area (Å²) in [6.45, 7) is 9.00. The molecule has 0 unspecified atom stereocenters. The van der Waals surface area contributed by atoms with Crippen LogP contribution in [0.2, 0.25) is 0 Å². The number of benzene rings is 1. The predicted molar refractivity (Wildman–Crippen MR) is 98.4 cm³/mol. The van der Waals surface area contributed by atoms with Crippen molar-refractivity contribution in [3.63, 3.8) is 0 Å². The van der Waals surface area contributed by atoms with Crippen molar-refractivity contribution in [1.29, 1.82) is 0 Å². The molecule has 0 bridgehead atoms. The van der Waals surface area contributed by atoms with Gasteiger partial charge in [0.2, 0.25) is 0 Å². The molecular weight excluding hydrogens is 294 g/mol. The van der Waals surface area contributed by atoms with Gasteiger partial charge in [0, 0.05) is 24.3 Å². The van der Waals surface area contributed by atoms with Gasteiger partial charge >= 0.3 is 0 Å². The van der Waals surface area contributed by atoms with Crippen LogP contribution in [0.15, 0.2) is 29.3 Å². The van der Waals surface area contributed by atoms with Crippen molar-refractivity contribution in [2.24, 2.45) is 4.99 Å². The third kappa shape index (κ3) is 6.18. The lowest BCUT2D eigenvalue weighted by Crippen LogP contribution is -2.39. The number of hydrogen-bond acceptors (Lipinski definition) is 3. The van der Waals surface area contributed by atoms with E-state index >= 15 is 0 Å². The number of nitrogens with one attached hydrogen (secondary N) is 2. The molecule has 4 nitrogen and oxygen atoms in total. The summed E-state index contributed by atoms with van der Waals surface area (Å²) in [7, 11) is 1.70. The van der Waals surface area contributed by atoms with E-state index in [0.717, 1.165) is 37.1 Å². The summed E-state index contributed by atoms with van der Waals surface area (Å²) in [5, 5.41) is 6.65. The standard InChI is InChI=1S/C17H29N3OS/c1-6-18-16(19-10-11-22-5)20-13-17(2,3)14-8-7-9-15(12-14)21-4/h7-9,12H,6,10-11,13H2,1-5H3,(H2,18,19,20). The molecule has 0 saturated carbocycles. The van der Waals surface area contributed by atoms with Crippen molar-refractivity contribution in [2.45, 2.75) is 26.2 Å². The molecule has 0 spiro atoms. The molecule has 0 aliphatic carbocycles. The van der Waals surface area contributed by atoms with Gasteiger partial charge in [0.1, 0.15) is 5.75 Å². The first-order chi connectivity index (χ1) is 10.5. The lowest BCUT2D eigenvalue weighted by atomic mass is 9.85. The number of thioether (sulfide) groups is 1. The summed E-state index contributed by atoms with van der Waals surface area (Å²) < 4.78 is 5.32. The fourth-order valence-corrected chi connectivity index (χ4v) is 2.33. The van der Waals surface area contributed by atoms with Gasteiger partial charge < -0.3 is 15.4 Å². The second-order valence-corrected chi connectivity index (χ2v) is 6.72. The van der Waals surface area contributed by atoms with Gasteiger partial charge in [0.05, 0.1) is 13.7 Å². The number of ether oxygens (including phenoxy) is 1. The van der Waals surface area contributed by atoms with E-state index in [-0.39, 0.29) is 5.41 Å². The van der Waals surface area contributed by atoms with Crippen LogP contribution >= 0.6 is 11.8 Å². The van der Waals surface area contributed by atoms with E-state index in [9.17, 15) is 0 Å². The minimum atomic E-state index is -0.0452. The summed E-state index contributed by atoms with van der Waals surface area (Å²) >= 11 is 1.83. The minimum absolute atomic E-state index is 0.0452. The Morgan fingerprint density at radius 3 is 2.73 bits per heavy atom. The molecule has 0 saturated heterocycles. The highest BCUT2D eigenvalue weighted by molar-refractivity contribution is 7.98. The van der Waals surface area contributed by atoms with Gasteiger partial charge in [-0.25, -0.2) is 0 Å². The fraction of sp³-hybridized carbons (Fsp3) is 0.588.